The Kier molecular flexibility index (Phi) is 5.65. The first-order chi connectivity index (χ1) is 13.2. The van der Waals surface area contributed by atoms with Crippen LogP contribution in [0.3, 0.4) is 0 Å². The first kappa shape index (κ1) is 20.2. The number of carbonyl (C=O) groups is 1. The molecule has 0 radical (unpaired) electrons. The van der Waals surface area contributed by atoms with Gasteiger partial charge in [0.05, 0.1) is 25.1 Å². The van der Waals surface area contributed by atoms with E-state index in [-0.39, 0.29) is 12.2 Å². The van der Waals surface area contributed by atoms with Gasteiger partial charge in [0.2, 0.25) is 5.88 Å². The second-order valence-electron chi connectivity index (χ2n) is 7.51. The van der Waals surface area contributed by atoms with E-state index in [1.165, 1.54) is 0 Å². The van der Waals surface area contributed by atoms with Crippen LogP contribution in [0.1, 0.15) is 33.3 Å². The molecule has 0 atom stereocenters. The van der Waals surface area contributed by atoms with Crippen LogP contribution < -0.4 is 4.74 Å². The molecular weight excluding hydrogens is 382 g/mol. The molecule has 7 nitrogen and oxygen atoms in total. The molecule has 0 saturated carbocycles. The van der Waals surface area contributed by atoms with E-state index < -0.39 is 5.60 Å². The highest BCUT2D eigenvalue weighted by Gasteiger charge is 2.35. The van der Waals surface area contributed by atoms with Gasteiger partial charge in [-0.2, -0.15) is 0 Å². The zero-order chi connectivity index (χ0) is 20.5. The van der Waals surface area contributed by atoms with Gasteiger partial charge in [-0.3, -0.25) is 0 Å². The van der Waals surface area contributed by atoms with Crippen molar-refractivity contribution in [1.82, 2.24) is 14.9 Å². The topological polar surface area (TPSA) is 73.8 Å². The lowest BCUT2D eigenvalue weighted by Gasteiger charge is -2.39. The summed E-state index contributed by atoms with van der Waals surface area (Å²) in [4.78, 5) is 22.2. The number of hydrogen-bond donors (Lipinski definition) is 0. The molecule has 1 aliphatic heterocycles. The van der Waals surface area contributed by atoms with Crippen LogP contribution in [0.15, 0.2) is 25.0 Å². The van der Waals surface area contributed by atoms with Gasteiger partial charge in [0, 0.05) is 23.3 Å². The Morgan fingerprint density at radius 2 is 2.00 bits per heavy atom. The van der Waals surface area contributed by atoms with Gasteiger partial charge in [-0.05, 0) is 33.8 Å². The summed E-state index contributed by atoms with van der Waals surface area (Å²) in [5, 5.41) is 1.86. The first-order valence-electron chi connectivity index (χ1n) is 9.09. The van der Waals surface area contributed by atoms with Crippen molar-refractivity contribution in [3.8, 4) is 5.88 Å². The molecule has 2 aromatic rings. The molecule has 1 saturated heterocycles. The van der Waals surface area contributed by atoms with Gasteiger partial charge in [-0.15, -0.1) is 0 Å². The fraction of sp³-hybridized carbons (Fsp3) is 0.450. The van der Waals surface area contributed by atoms with Crippen LogP contribution in [-0.4, -0.2) is 52.4 Å². The molecule has 3 heterocycles. The molecular formula is C20H24ClN3O4. The van der Waals surface area contributed by atoms with Gasteiger partial charge in [0.25, 0.3) is 0 Å². The summed E-state index contributed by atoms with van der Waals surface area (Å²) in [7, 11) is 0. The maximum atomic E-state index is 12.1. The van der Waals surface area contributed by atoms with Crippen LogP contribution in [0.2, 0.25) is 5.15 Å². The average Bonchev–Trinajstić information content (AvgIpc) is 2.55. The van der Waals surface area contributed by atoms with Crippen molar-refractivity contribution in [2.24, 2.45) is 0 Å². The SMILES string of the molecule is C=C(OCC)c1cnc(OC2CN(C(=O)OC(C)(C)C)C2)c2cnc(Cl)cc12. The van der Waals surface area contributed by atoms with E-state index in [2.05, 4.69) is 16.5 Å². The number of ether oxygens (including phenoxy) is 3. The molecule has 0 spiro atoms. The molecule has 0 aromatic carbocycles. The summed E-state index contributed by atoms with van der Waals surface area (Å²) in [6, 6.07) is 1.73. The predicted octanol–water partition coefficient (Wildman–Crippen LogP) is 4.29. The number of pyridine rings is 2. The van der Waals surface area contributed by atoms with Crippen molar-refractivity contribution < 1.29 is 19.0 Å². The van der Waals surface area contributed by atoms with E-state index in [9.17, 15) is 4.79 Å². The van der Waals surface area contributed by atoms with Crippen LogP contribution in [-0.2, 0) is 9.47 Å². The number of nitrogens with zero attached hydrogens (tertiary/aromatic N) is 3. The Labute approximate surface area is 169 Å². The van der Waals surface area contributed by atoms with E-state index in [0.29, 0.717) is 41.9 Å². The summed E-state index contributed by atoms with van der Waals surface area (Å²) < 4.78 is 16.9. The molecule has 1 fully saturated rings. The monoisotopic (exact) mass is 405 g/mol. The molecule has 1 amide bonds. The zero-order valence-electron chi connectivity index (χ0n) is 16.5. The third kappa shape index (κ3) is 4.47. The van der Waals surface area contributed by atoms with Crippen molar-refractivity contribution in [3.05, 3.63) is 35.8 Å². The minimum atomic E-state index is -0.523. The van der Waals surface area contributed by atoms with E-state index >= 15 is 0 Å². The van der Waals surface area contributed by atoms with Crippen LogP contribution >= 0.6 is 11.6 Å². The van der Waals surface area contributed by atoms with Gasteiger partial charge in [-0.1, -0.05) is 18.2 Å². The summed E-state index contributed by atoms with van der Waals surface area (Å²) in [5.74, 6) is 0.939. The molecule has 0 unspecified atom stereocenters. The molecule has 3 rings (SSSR count). The molecule has 150 valence electrons. The van der Waals surface area contributed by atoms with Gasteiger partial charge in [-0.25, -0.2) is 14.8 Å². The Hall–Kier alpha value is -2.54. The van der Waals surface area contributed by atoms with E-state index in [1.807, 2.05) is 27.7 Å². The van der Waals surface area contributed by atoms with Gasteiger partial charge in [0.15, 0.2) is 0 Å². The largest absolute Gasteiger partial charge is 0.494 e. The highest BCUT2D eigenvalue weighted by molar-refractivity contribution is 6.30. The second kappa shape index (κ2) is 7.83. The molecule has 2 aromatic heterocycles. The Morgan fingerprint density at radius 3 is 2.64 bits per heavy atom. The molecule has 0 bridgehead atoms. The Bertz CT molecular complexity index is 904. The number of halogens is 1. The van der Waals surface area contributed by atoms with E-state index in [1.54, 1.807) is 23.4 Å². The highest BCUT2D eigenvalue weighted by Crippen LogP contribution is 2.32. The maximum Gasteiger partial charge on any atom is 0.410 e. The van der Waals surface area contributed by atoms with Crippen molar-refractivity contribution in [1.29, 1.82) is 0 Å². The number of fused-ring (bicyclic) bond motifs is 1. The fourth-order valence-corrected chi connectivity index (χ4v) is 2.96. The maximum absolute atomic E-state index is 12.1. The van der Waals surface area contributed by atoms with Gasteiger partial charge >= 0.3 is 6.09 Å². The average molecular weight is 406 g/mol. The van der Waals surface area contributed by atoms with Crippen LogP contribution in [0.4, 0.5) is 4.79 Å². The van der Waals surface area contributed by atoms with Crippen LogP contribution in [0, 0.1) is 0 Å². The summed E-state index contributed by atoms with van der Waals surface area (Å²) in [6.07, 6.45) is 2.75. The van der Waals surface area contributed by atoms with E-state index in [0.717, 1.165) is 10.9 Å². The molecule has 0 aliphatic carbocycles. The number of rotatable bonds is 5. The summed E-state index contributed by atoms with van der Waals surface area (Å²) >= 11 is 6.07. The minimum absolute atomic E-state index is 0.167. The Balaban J connectivity index is 1.76. The number of hydrogen-bond acceptors (Lipinski definition) is 6. The predicted molar refractivity (Wildman–Crippen MR) is 107 cm³/mol. The highest BCUT2D eigenvalue weighted by atomic mass is 35.5. The van der Waals surface area contributed by atoms with E-state index in [4.69, 9.17) is 25.8 Å². The summed E-state index contributed by atoms with van der Waals surface area (Å²) in [5.41, 5.74) is 0.210. The van der Waals surface area contributed by atoms with Crippen LogP contribution in [0.5, 0.6) is 5.88 Å². The quantitative estimate of drug-likeness (QED) is 0.545. The lowest BCUT2D eigenvalue weighted by Crippen LogP contribution is -2.57. The van der Waals surface area contributed by atoms with Crippen molar-refractivity contribution in [2.75, 3.05) is 19.7 Å². The van der Waals surface area contributed by atoms with Gasteiger partial charge < -0.3 is 19.1 Å². The molecule has 8 heteroatoms. The number of likely N-dealkylation sites (tertiary alicyclic amines) is 1. The second-order valence-corrected chi connectivity index (χ2v) is 7.90. The summed E-state index contributed by atoms with van der Waals surface area (Å²) in [6.45, 7) is 12.7. The van der Waals surface area contributed by atoms with Crippen molar-refractivity contribution >= 4 is 34.2 Å². The first-order valence-corrected chi connectivity index (χ1v) is 9.46. The molecule has 0 N–H and O–H groups in total. The smallest absolute Gasteiger partial charge is 0.410 e. The molecule has 1 aliphatic rings. The lowest BCUT2D eigenvalue weighted by molar-refractivity contribution is -0.0228. The van der Waals surface area contributed by atoms with Crippen LogP contribution in [0.25, 0.3) is 16.5 Å². The minimum Gasteiger partial charge on any atom is -0.494 e. The number of amides is 1. The number of aromatic nitrogens is 2. The fourth-order valence-electron chi connectivity index (χ4n) is 2.80. The Morgan fingerprint density at radius 1 is 1.29 bits per heavy atom. The zero-order valence-corrected chi connectivity index (χ0v) is 17.2. The third-order valence-electron chi connectivity index (χ3n) is 4.10. The normalized spacial score (nSPS) is 14.5. The molecule has 28 heavy (non-hydrogen) atoms. The standard InChI is InChI=1S/C20H24ClN3O4/c1-6-26-12(2)15-8-23-18(16-9-22-17(21)7-14(15)16)27-13-10-24(11-13)19(25)28-20(3,4)5/h7-9,13H,2,6,10-11H2,1,3-5H3. The van der Waals surface area contributed by atoms with Gasteiger partial charge in [0.1, 0.15) is 22.6 Å². The van der Waals surface area contributed by atoms with Crippen molar-refractivity contribution in [2.45, 2.75) is 39.4 Å². The lowest BCUT2D eigenvalue weighted by atomic mass is 10.1. The number of carbonyl (C=O) groups excluding carboxylic acids is 1. The third-order valence-corrected chi connectivity index (χ3v) is 4.31. The van der Waals surface area contributed by atoms with Crippen molar-refractivity contribution in [3.63, 3.8) is 0 Å².